The molecule has 0 unspecified atom stereocenters. The summed E-state index contributed by atoms with van der Waals surface area (Å²) in [4.78, 5) is 9.95. The number of carbonyl (C=O) groups is 1. The van der Waals surface area contributed by atoms with Gasteiger partial charge in [-0.2, -0.15) is 74.6 Å². The second-order valence-electron chi connectivity index (χ2n) is 6.32. The standard InChI is InChI=1S/C14H11F17O2/c15-7(16,3-6-33-5-2-1-4-32)8(17,18)9(19,20)10(21,22)11(23,24)12(25,26)13(27,28)14(29,30)31/h4H,1-3,5-6H2. The molecule has 198 valence electrons. The van der Waals surface area contributed by atoms with Gasteiger partial charge in [0.1, 0.15) is 6.29 Å². The van der Waals surface area contributed by atoms with Gasteiger partial charge in [-0.15, -0.1) is 0 Å². The lowest BCUT2D eigenvalue weighted by molar-refractivity contribution is -0.462. The fourth-order valence-corrected chi connectivity index (χ4v) is 1.92. The molecule has 0 saturated heterocycles. The fraction of sp³-hybridized carbons (Fsp3) is 0.929. The number of hydrogen-bond acceptors (Lipinski definition) is 2. The lowest BCUT2D eigenvalue weighted by atomic mass is 9.88. The van der Waals surface area contributed by atoms with E-state index < -0.39 is 67.3 Å². The zero-order chi connectivity index (χ0) is 26.9. The maximum Gasteiger partial charge on any atom is 0.460 e. The Balaban J connectivity index is 6.14. The number of ether oxygens (including phenoxy) is 1. The summed E-state index contributed by atoms with van der Waals surface area (Å²) in [5.41, 5.74) is 0. The average Bonchev–Trinajstić information content (AvgIpc) is 2.62. The van der Waals surface area contributed by atoms with E-state index in [9.17, 15) is 79.4 Å². The molecule has 0 spiro atoms. The summed E-state index contributed by atoms with van der Waals surface area (Å²) in [7, 11) is 0. The monoisotopic (exact) mass is 534 g/mol. The normalized spacial score (nSPS) is 15.7. The Labute approximate surface area is 172 Å². The number of hydrogen-bond donors (Lipinski definition) is 0. The van der Waals surface area contributed by atoms with Crippen LogP contribution < -0.4 is 0 Å². The van der Waals surface area contributed by atoms with Crippen molar-refractivity contribution in [2.24, 2.45) is 0 Å². The maximum atomic E-state index is 13.5. The Morgan fingerprint density at radius 1 is 0.515 bits per heavy atom. The third kappa shape index (κ3) is 4.96. The molecule has 0 aliphatic heterocycles. The molecule has 0 heterocycles. The van der Waals surface area contributed by atoms with Crippen molar-refractivity contribution in [2.45, 2.75) is 66.9 Å². The first-order valence-corrected chi connectivity index (χ1v) is 8.04. The summed E-state index contributed by atoms with van der Waals surface area (Å²) < 4.78 is 225. The largest absolute Gasteiger partial charge is 0.460 e. The summed E-state index contributed by atoms with van der Waals surface area (Å²) in [6.45, 7) is -2.31. The van der Waals surface area contributed by atoms with Crippen LogP contribution >= 0.6 is 0 Å². The van der Waals surface area contributed by atoms with Gasteiger partial charge in [0.15, 0.2) is 0 Å². The van der Waals surface area contributed by atoms with Crippen LogP contribution in [-0.4, -0.2) is 67.1 Å². The number of unbranched alkanes of at least 4 members (excludes halogenated alkanes) is 1. The highest BCUT2D eigenvalue weighted by Crippen LogP contribution is 2.64. The summed E-state index contributed by atoms with van der Waals surface area (Å²) >= 11 is 0. The van der Waals surface area contributed by atoms with Gasteiger partial charge in [0.25, 0.3) is 0 Å². The van der Waals surface area contributed by atoms with Crippen molar-refractivity contribution in [1.29, 1.82) is 0 Å². The van der Waals surface area contributed by atoms with E-state index in [-0.39, 0.29) is 19.1 Å². The molecule has 0 saturated carbocycles. The first-order valence-electron chi connectivity index (χ1n) is 8.04. The van der Waals surface area contributed by atoms with Gasteiger partial charge in [-0.3, -0.25) is 0 Å². The molecule has 0 aromatic heterocycles. The topological polar surface area (TPSA) is 26.3 Å². The first-order chi connectivity index (χ1) is 14.3. The van der Waals surface area contributed by atoms with Gasteiger partial charge in [0.2, 0.25) is 0 Å². The third-order valence-corrected chi connectivity index (χ3v) is 3.96. The number of rotatable bonds is 13. The molecule has 0 aromatic rings. The molecule has 0 aromatic carbocycles. The SMILES string of the molecule is O=CCCCOCCC(F)(F)C(F)(F)C(F)(F)C(F)(F)C(F)(F)C(F)(F)C(F)(F)C(F)(F)F. The maximum absolute atomic E-state index is 13.5. The Morgan fingerprint density at radius 2 is 0.879 bits per heavy atom. The summed E-state index contributed by atoms with van der Waals surface area (Å²) in [5, 5.41) is 0. The Kier molecular flexibility index (Phi) is 8.80. The molecule has 0 rings (SSSR count). The Hall–Kier alpha value is -1.56. The van der Waals surface area contributed by atoms with Crippen molar-refractivity contribution in [2.75, 3.05) is 13.2 Å². The Bertz CT molecular complexity index is 667. The molecular formula is C14H11F17O2. The summed E-state index contributed by atoms with van der Waals surface area (Å²) in [5.74, 6) is -56.3. The van der Waals surface area contributed by atoms with Gasteiger partial charge in [0.05, 0.1) is 6.61 Å². The quantitative estimate of drug-likeness (QED) is 0.156. The molecule has 0 radical (unpaired) electrons. The average molecular weight is 534 g/mol. The number of halogens is 17. The minimum atomic E-state index is -8.63. The molecule has 0 atom stereocenters. The number of carbonyl (C=O) groups excluding carboxylic acids is 1. The lowest BCUT2D eigenvalue weighted by Crippen LogP contribution is -2.74. The summed E-state index contributed by atoms with van der Waals surface area (Å²) in [6, 6.07) is 0. The van der Waals surface area contributed by atoms with Crippen molar-refractivity contribution in [3.05, 3.63) is 0 Å². The zero-order valence-corrected chi connectivity index (χ0v) is 15.4. The predicted molar refractivity (Wildman–Crippen MR) is 71.4 cm³/mol. The van der Waals surface area contributed by atoms with Gasteiger partial charge in [-0.25, -0.2) is 0 Å². The zero-order valence-electron chi connectivity index (χ0n) is 15.4. The highest BCUT2D eigenvalue weighted by Gasteiger charge is 2.95. The van der Waals surface area contributed by atoms with E-state index in [2.05, 4.69) is 4.74 Å². The van der Waals surface area contributed by atoms with E-state index in [1.807, 2.05) is 0 Å². The van der Waals surface area contributed by atoms with Crippen LogP contribution in [0.1, 0.15) is 19.3 Å². The van der Waals surface area contributed by atoms with E-state index in [4.69, 9.17) is 0 Å². The van der Waals surface area contributed by atoms with Gasteiger partial charge in [-0.05, 0) is 6.42 Å². The molecule has 0 bridgehead atoms. The van der Waals surface area contributed by atoms with E-state index in [0.717, 1.165) is 0 Å². The van der Waals surface area contributed by atoms with Crippen molar-refractivity contribution >= 4 is 6.29 Å². The van der Waals surface area contributed by atoms with E-state index in [1.54, 1.807) is 0 Å². The van der Waals surface area contributed by atoms with Crippen molar-refractivity contribution < 1.29 is 84.2 Å². The van der Waals surface area contributed by atoms with Gasteiger partial charge in [-0.1, -0.05) is 0 Å². The predicted octanol–water partition coefficient (Wildman–Crippen LogP) is 6.38. The number of aldehydes is 1. The molecule has 0 N–H and O–H groups in total. The van der Waals surface area contributed by atoms with Gasteiger partial charge < -0.3 is 9.53 Å². The van der Waals surface area contributed by atoms with Crippen LogP contribution in [0.25, 0.3) is 0 Å². The van der Waals surface area contributed by atoms with Gasteiger partial charge >= 0.3 is 47.6 Å². The minimum Gasteiger partial charge on any atom is -0.381 e. The van der Waals surface area contributed by atoms with Crippen LogP contribution in [0.2, 0.25) is 0 Å². The van der Waals surface area contributed by atoms with Gasteiger partial charge in [0, 0.05) is 19.4 Å². The van der Waals surface area contributed by atoms with Crippen molar-refractivity contribution in [3.63, 3.8) is 0 Å². The third-order valence-electron chi connectivity index (χ3n) is 3.96. The van der Waals surface area contributed by atoms with Crippen molar-refractivity contribution in [3.8, 4) is 0 Å². The smallest absolute Gasteiger partial charge is 0.381 e. The van der Waals surface area contributed by atoms with Crippen LogP contribution in [0.3, 0.4) is 0 Å². The molecule has 0 fully saturated rings. The molecule has 33 heavy (non-hydrogen) atoms. The first kappa shape index (κ1) is 31.4. The van der Waals surface area contributed by atoms with Crippen molar-refractivity contribution in [1.82, 2.24) is 0 Å². The highest BCUT2D eigenvalue weighted by molar-refractivity contribution is 5.48. The minimum absolute atomic E-state index is 0.228. The van der Waals surface area contributed by atoms with Crippen LogP contribution in [-0.2, 0) is 9.53 Å². The molecule has 0 aliphatic carbocycles. The van der Waals surface area contributed by atoms with E-state index in [0.29, 0.717) is 0 Å². The molecule has 2 nitrogen and oxygen atoms in total. The highest BCUT2D eigenvalue weighted by atomic mass is 19.4. The van der Waals surface area contributed by atoms with Crippen LogP contribution in [0.15, 0.2) is 0 Å². The van der Waals surface area contributed by atoms with E-state index in [1.165, 1.54) is 0 Å². The molecular weight excluding hydrogens is 523 g/mol. The van der Waals surface area contributed by atoms with Crippen LogP contribution in [0, 0.1) is 0 Å². The number of alkyl halides is 17. The lowest BCUT2D eigenvalue weighted by Gasteiger charge is -2.42. The molecule has 19 heteroatoms. The van der Waals surface area contributed by atoms with E-state index >= 15 is 0 Å². The molecule has 0 aliphatic rings. The fourth-order valence-electron chi connectivity index (χ4n) is 1.92. The van der Waals surface area contributed by atoms with Crippen LogP contribution in [0.4, 0.5) is 74.6 Å². The second-order valence-corrected chi connectivity index (χ2v) is 6.32. The Morgan fingerprint density at radius 3 is 1.24 bits per heavy atom. The summed E-state index contributed by atoms with van der Waals surface area (Å²) in [6.07, 6.45) is -10.6. The molecule has 0 amide bonds. The second kappa shape index (κ2) is 9.24. The van der Waals surface area contributed by atoms with Crippen LogP contribution in [0.5, 0.6) is 0 Å².